The number of aromatic amines is 1. The highest BCUT2D eigenvalue weighted by molar-refractivity contribution is 5.72. The average molecular weight is 198 g/mol. The summed E-state index contributed by atoms with van der Waals surface area (Å²) >= 11 is 0. The van der Waals surface area contributed by atoms with E-state index >= 15 is 0 Å². The second-order valence-corrected chi connectivity index (χ2v) is 3.34. The molecular weight excluding hydrogens is 188 g/mol. The number of nitrogens with one attached hydrogen (secondary N) is 1. The summed E-state index contributed by atoms with van der Waals surface area (Å²) in [7, 11) is 0. The molecule has 2 aromatic rings. The van der Waals surface area contributed by atoms with E-state index in [0.29, 0.717) is 17.1 Å². The summed E-state index contributed by atoms with van der Waals surface area (Å²) < 4.78 is 0. The van der Waals surface area contributed by atoms with Gasteiger partial charge in [-0.15, -0.1) is 0 Å². The van der Waals surface area contributed by atoms with E-state index in [1.54, 1.807) is 0 Å². The van der Waals surface area contributed by atoms with Crippen LogP contribution in [-0.4, -0.2) is 10.2 Å². The lowest BCUT2D eigenvalue weighted by molar-refractivity contribution is 1.10. The van der Waals surface area contributed by atoms with Crippen molar-refractivity contribution in [3.8, 4) is 17.3 Å². The first-order valence-corrected chi connectivity index (χ1v) is 4.53. The van der Waals surface area contributed by atoms with E-state index < -0.39 is 0 Å². The molecule has 0 aliphatic rings. The van der Waals surface area contributed by atoms with Crippen molar-refractivity contribution in [2.75, 3.05) is 5.73 Å². The number of nitrogens with two attached hydrogens (primary N) is 1. The predicted octanol–water partition coefficient (Wildman–Crippen LogP) is 1.84. The van der Waals surface area contributed by atoms with Crippen LogP contribution in [0.4, 0.5) is 5.82 Å². The van der Waals surface area contributed by atoms with Crippen LogP contribution in [0.1, 0.15) is 11.1 Å². The van der Waals surface area contributed by atoms with Crippen LogP contribution in [-0.2, 0) is 0 Å². The van der Waals surface area contributed by atoms with E-state index in [1.165, 1.54) is 0 Å². The van der Waals surface area contributed by atoms with Gasteiger partial charge in [0.25, 0.3) is 0 Å². The Kier molecular flexibility index (Phi) is 2.14. The van der Waals surface area contributed by atoms with Crippen LogP contribution in [0.3, 0.4) is 0 Å². The number of nitrogen functional groups attached to an aromatic ring is 1. The van der Waals surface area contributed by atoms with Gasteiger partial charge in [0, 0.05) is 5.56 Å². The van der Waals surface area contributed by atoms with Gasteiger partial charge in [0.05, 0.1) is 0 Å². The fourth-order valence-electron chi connectivity index (χ4n) is 1.47. The zero-order chi connectivity index (χ0) is 10.8. The molecule has 0 aliphatic heterocycles. The Morgan fingerprint density at radius 3 is 2.93 bits per heavy atom. The Balaban J connectivity index is 2.60. The molecule has 0 amide bonds. The van der Waals surface area contributed by atoms with Crippen molar-refractivity contribution in [1.82, 2.24) is 10.2 Å². The lowest BCUT2D eigenvalue weighted by atomic mass is 10.1. The smallest absolute Gasteiger partial charge is 0.137 e. The monoisotopic (exact) mass is 198 g/mol. The standard InChI is InChI=1S/C11H10N4/c1-7-3-2-4-8(5-7)10-9(6-12)11(13)15-14-10/h2-5H,1H3,(H3,13,14,15). The number of nitriles is 1. The first-order chi connectivity index (χ1) is 7.22. The normalized spacial score (nSPS) is 9.87. The summed E-state index contributed by atoms with van der Waals surface area (Å²) in [5, 5.41) is 15.6. The van der Waals surface area contributed by atoms with E-state index in [2.05, 4.69) is 10.2 Å². The molecule has 0 fully saturated rings. The van der Waals surface area contributed by atoms with Crippen molar-refractivity contribution >= 4 is 5.82 Å². The maximum atomic E-state index is 8.93. The van der Waals surface area contributed by atoms with Crippen molar-refractivity contribution in [2.24, 2.45) is 0 Å². The van der Waals surface area contributed by atoms with Crippen LogP contribution in [0.15, 0.2) is 24.3 Å². The van der Waals surface area contributed by atoms with Crippen molar-refractivity contribution in [3.63, 3.8) is 0 Å². The van der Waals surface area contributed by atoms with Crippen LogP contribution in [0.2, 0.25) is 0 Å². The maximum absolute atomic E-state index is 8.93. The van der Waals surface area contributed by atoms with Crippen LogP contribution < -0.4 is 5.73 Å². The lowest BCUT2D eigenvalue weighted by Gasteiger charge is -1.98. The molecule has 0 spiro atoms. The van der Waals surface area contributed by atoms with Gasteiger partial charge in [-0.3, -0.25) is 5.10 Å². The second-order valence-electron chi connectivity index (χ2n) is 3.34. The number of benzene rings is 1. The summed E-state index contributed by atoms with van der Waals surface area (Å²) in [6.45, 7) is 1.99. The number of hydrogen-bond donors (Lipinski definition) is 2. The van der Waals surface area contributed by atoms with E-state index in [1.807, 2.05) is 37.3 Å². The molecule has 0 saturated carbocycles. The van der Waals surface area contributed by atoms with Gasteiger partial charge in [-0.1, -0.05) is 23.8 Å². The van der Waals surface area contributed by atoms with Crippen LogP contribution in [0.25, 0.3) is 11.3 Å². The molecule has 0 atom stereocenters. The van der Waals surface area contributed by atoms with Gasteiger partial charge in [-0.05, 0) is 13.0 Å². The Morgan fingerprint density at radius 1 is 1.47 bits per heavy atom. The highest BCUT2D eigenvalue weighted by atomic mass is 15.2. The van der Waals surface area contributed by atoms with Gasteiger partial charge in [0.15, 0.2) is 0 Å². The molecule has 15 heavy (non-hydrogen) atoms. The highest BCUT2D eigenvalue weighted by Crippen LogP contribution is 2.24. The van der Waals surface area contributed by atoms with Crippen LogP contribution >= 0.6 is 0 Å². The fraction of sp³-hybridized carbons (Fsp3) is 0.0909. The Morgan fingerprint density at radius 2 is 2.27 bits per heavy atom. The first kappa shape index (κ1) is 9.28. The number of aryl methyl sites for hydroxylation is 1. The minimum absolute atomic E-state index is 0.314. The molecule has 1 aromatic carbocycles. The Labute approximate surface area is 87.3 Å². The molecule has 3 N–H and O–H groups in total. The summed E-state index contributed by atoms with van der Waals surface area (Å²) in [6, 6.07) is 9.84. The average Bonchev–Trinajstić information content (AvgIpc) is 2.59. The summed E-state index contributed by atoms with van der Waals surface area (Å²) in [6.07, 6.45) is 0. The molecule has 0 radical (unpaired) electrons. The highest BCUT2D eigenvalue weighted by Gasteiger charge is 2.11. The number of rotatable bonds is 1. The molecule has 74 valence electrons. The Bertz CT molecular complexity index is 534. The third-order valence-electron chi connectivity index (χ3n) is 2.20. The molecule has 2 rings (SSSR count). The molecule has 4 nitrogen and oxygen atoms in total. The van der Waals surface area contributed by atoms with Gasteiger partial charge in [-0.25, -0.2) is 0 Å². The second kappa shape index (κ2) is 3.46. The zero-order valence-electron chi connectivity index (χ0n) is 8.28. The third kappa shape index (κ3) is 1.55. The van der Waals surface area contributed by atoms with Gasteiger partial charge in [0.1, 0.15) is 23.1 Å². The zero-order valence-corrected chi connectivity index (χ0v) is 8.28. The summed E-state index contributed by atoms with van der Waals surface area (Å²) in [5.74, 6) is 0.314. The van der Waals surface area contributed by atoms with Crippen LogP contribution in [0, 0.1) is 18.3 Å². The summed E-state index contributed by atoms with van der Waals surface area (Å²) in [4.78, 5) is 0. The number of aromatic nitrogens is 2. The molecule has 1 heterocycles. The van der Waals surface area contributed by atoms with E-state index in [9.17, 15) is 0 Å². The topological polar surface area (TPSA) is 78.5 Å². The SMILES string of the molecule is Cc1cccc(-c2n[nH]c(N)c2C#N)c1. The minimum Gasteiger partial charge on any atom is -0.383 e. The van der Waals surface area contributed by atoms with E-state index in [0.717, 1.165) is 11.1 Å². The number of anilines is 1. The number of hydrogen-bond acceptors (Lipinski definition) is 3. The van der Waals surface area contributed by atoms with Crippen molar-refractivity contribution in [1.29, 1.82) is 5.26 Å². The van der Waals surface area contributed by atoms with Gasteiger partial charge >= 0.3 is 0 Å². The quantitative estimate of drug-likeness (QED) is 0.733. The number of H-pyrrole nitrogens is 1. The van der Waals surface area contributed by atoms with Gasteiger partial charge in [0.2, 0.25) is 0 Å². The van der Waals surface area contributed by atoms with Crippen LogP contribution in [0.5, 0.6) is 0 Å². The molecular formula is C11H10N4. The Hall–Kier alpha value is -2.28. The van der Waals surface area contributed by atoms with E-state index in [-0.39, 0.29) is 0 Å². The molecule has 0 unspecified atom stereocenters. The van der Waals surface area contributed by atoms with E-state index in [4.69, 9.17) is 11.0 Å². The largest absolute Gasteiger partial charge is 0.383 e. The predicted molar refractivity (Wildman–Crippen MR) is 57.9 cm³/mol. The molecule has 0 aliphatic carbocycles. The first-order valence-electron chi connectivity index (χ1n) is 4.53. The fourth-order valence-corrected chi connectivity index (χ4v) is 1.47. The molecule has 0 saturated heterocycles. The molecule has 1 aromatic heterocycles. The number of nitrogens with zero attached hydrogens (tertiary/aromatic N) is 2. The molecule has 4 heteroatoms. The van der Waals surface area contributed by atoms with Gasteiger partial charge in [-0.2, -0.15) is 10.4 Å². The lowest BCUT2D eigenvalue weighted by Crippen LogP contribution is -1.87. The van der Waals surface area contributed by atoms with Crippen molar-refractivity contribution in [2.45, 2.75) is 6.92 Å². The third-order valence-corrected chi connectivity index (χ3v) is 2.20. The van der Waals surface area contributed by atoms with Crippen molar-refractivity contribution < 1.29 is 0 Å². The van der Waals surface area contributed by atoms with Crippen molar-refractivity contribution in [3.05, 3.63) is 35.4 Å². The van der Waals surface area contributed by atoms with Gasteiger partial charge < -0.3 is 5.73 Å². The molecule has 0 bridgehead atoms. The maximum Gasteiger partial charge on any atom is 0.137 e. The summed E-state index contributed by atoms with van der Waals surface area (Å²) in [5.41, 5.74) is 8.63. The minimum atomic E-state index is 0.314.